The Kier molecular flexibility index (Phi) is 4.22. The van der Waals surface area contributed by atoms with Gasteiger partial charge in [-0.25, -0.2) is 0 Å². The van der Waals surface area contributed by atoms with Crippen LogP contribution in [0.2, 0.25) is 0 Å². The number of carbonyl (C=O) groups is 2. The molecule has 2 aromatic carbocycles. The minimum absolute atomic E-state index is 0.150. The zero-order valence-electron chi connectivity index (χ0n) is 16.6. The van der Waals surface area contributed by atoms with Gasteiger partial charge < -0.3 is 4.74 Å². The van der Waals surface area contributed by atoms with E-state index >= 15 is 0 Å². The van der Waals surface area contributed by atoms with E-state index < -0.39 is 5.54 Å². The third kappa shape index (κ3) is 2.76. The molecule has 0 unspecified atom stereocenters. The van der Waals surface area contributed by atoms with Crippen molar-refractivity contribution in [3.8, 4) is 5.75 Å². The highest BCUT2D eigenvalue weighted by Crippen LogP contribution is 2.50. The standard InChI is InChI=1S/C24H23NO3/c1-5-28-17-11-18-15(2)14-24(3,4)25-22(18)19(12-17)20(23(25)27)13-21(26)16-9-7-6-8-10-16/h6-14H,5H2,1-4H3. The number of nitrogens with zero attached hydrogens (tertiary/aromatic N) is 1. The molecular weight excluding hydrogens is 350 g/mol. The van der Waals surface area contributed by atoms with Crippen molar-refractivity contribution >= 4 is 28.5 Å². The zero-order chi connectivity index (χ0) is 20.1. The Labute approximate surface area is 165 Å². The maximum Gasteiger partial charge on any atom is 0.259 e. The molecule has 1 amide bonds. The van der Waals surface area contributed by atoms with Crippen LogP contribution in [0.4, 0.5) is 5.69 Å². The number of amides is 1. The molecule has 0 saturated heterocycles. The number of benzene rings is 2. The molecule has 4 nitrogen and oxygen atoms in total. The molecule has 142 valence electrons. The van der Waals surface area contributed by atoms with Crippen molar-refractivity contribution in [2.45, 2.75) is 33.2 Å². The van der Waals surface area contributed by atoms with E-state index in [-0.39, 0.29) is 11.7 Å². The van der Waals surface area contributed by atoms with Crippen molar-refractivity contribution in [2.24, 2.45) is 0 Å². The van der Waals surface area contributed by atoms with Crippen LogP contribution in [0.1, 0.15) is 49.2 Å². The fourth-order valence-corrected chi connectivity index (χ4v) is 4.12. The van der Waals surface area contributed by atoms with Crippen molar-refractivity contribution in [1.29, 1.82) is 0 Å². The minimum Gasteiger partial charge on any atom is -0.494 e. The zero-order valence-corrected chi connectivity index (χ0v) is 16.6. The second kappa shape index (κ2) is 6.48. The predicted octanol–water partition coefficient (Wildman–Crippen LogP) is 4.89. The second-order valence-electron chi connectivity index (χ2n) is 7.71. The second-order valence-corrected chi connectivity index (χ2v) is 7.71. The van der Waals surface area contributed by atoms with Crippen LogP contribution in [0.25, 0.3) is 11.1 Å². The molecule has 2 heterocycles. The molecule has 2 aromatic rings. The van der Waals surface area contributed by atoms with Crippen LogP contribution >= 0.6 is 0 Å². The summed E-state index contributed by atoms with van der Waals surface area (Å²) in [6.07, 6.45) is 3.56. The summed E-state index contributed by atoms with van der Waals surface area (Å²) < 4.78 is 5.74. The van der Waals surface area contributed by atoms with E-state index in [2.05, 4.69) is 6.08 Å². The molecule has 0 N–H and O–H groups in total. The van der Waals surface area contributed by atoms with Crippen molar-refractivity contribution in [3.05, 3.63) is 71.3 Å². The molecule has 2 aliphatic rings. The number of ether oxygens (including phenoxy) is 1. The van der Waals surface area contributed by atoms with E-state index in [1.54, 1.807) is 17.0 Å². The van der Waals surface area contributed by atoms with Crippen LogP contribution in [0.15, 0.2) is 54.6 Å². The van der Waals surface area contributed by atoms with Gasteiger partial charge in [-0.2, -0.15) is 0 Å². The lowest BCUT2D eigenvalue weighted by molar-refractivity contribution is -0.113. The molecular formula is C24H23NO3. The lowest BCUT2D eigenvalue weighted by atomic mass is 9.89. The van der Waals surface area contributed by atoms with Crippen LogP contribution in [0.5, 0.6) is 5.75 Å². The van der Waals surface area contributed by atoms with Crippen LogP contribution in [0.3, 0.4) is 0 Å². The smallest absolute Gasteiger partial charge is 0.259 e. The Balaban J connectivity index is 1.92. The number of anilines is 1. The summed E-state index contributed by atoms with van der Waals surface area (Å²) in [6.45, 7) is 8.54. The monoisotopic (exact) mass is 373 g/mol. The highest BCUT2D eigenvalue weighted by Gasteiger charge is 2.44. The number of ketones is 1. The fourth-order valence-electron chi connectivity index (χ4n) is 4.12. The van der Waals surface area contributed by atoms with Gasteiger partial charge in [-0.1, -0.05) is 36.4 Å². The first-order valence-electron chi connectivity index (χ1n) is 9.50. The summed E-state index contributed by atoms with van der Waals surface area (Å²) in [5, 5.41) is 0. The molecule has 0 aromatic heterocycles. The van der Waals surface area contributed by atoms with Crippen molar-refractivity contribution < 1.29 is 14.3 Å². The van der Waals surface area contributed by atoms with Crippen molar-refractivity contribution in [3.63, 3.8) is 0 Å². The van der Waals surface area contributed by atoms with Crippen molar-refractivity contribution in [2.75, 3.05) is 11.5 Å². The van der Waals surface area contributed by atoms with E-state index in [1.807, 2.05) is 58.0 Å². The van der Waals surface area contributed by atoms with Gasteiger partial charge >= 0.3 is 0 Å². The van der Waals surface area contributed by atoms with E-state index in [1.165, 1.54) is 6.08 Å². The van der Waals surface area contributed by atoms with Gasteiger partial charge in [0.25, 0.3) is 5.91 Å². The Morgan fingerprint density at radius 2 is 1.82 bits per heavy atom. The first kappa shape index (κ1) is 18.2. The molecule has 2 aliphatic heterocycles. The summed E-state index contributed by atoms with van der Waals surface area (Å²) in [6, 6.07) is 12.9. The molecule has 28 heavy (non-hydrogen) atoms. The molecule has 0 aliphatic carbocycles. The minimum atomic E-state index is -0.471. The van der Waals surface area contributed by atoms with Gasteiger partial charge in [-0.15, -0.1) is 0 Å². The van der Waals surface area contributed by atoms with Crippen LogP contribution in [-0.4, -0.2) is 23.8 Å². The molecule has 4 heteroatoms. The lowest BCUT2D eigenvalue weighted by Crippen LogP contribution is -2.46. The summed E-state index contributed by atoms with van der Waals surface area (Å²) in [4.78, 5) is 28.0. The average molecular weight is 373 g/mol. The van der Waals surface area contributed by atoms with Gasteiger partial charge in [0.1, 0.15) is 5.75 Å². The molecule has 4 rings (SSSR count). The quantitative estimate of drug-likeness (QED) is 0.566. The van der Waals surface area contributed by atoms with Crippen LogP contribution < -0.4 is 9.64 Å². The largest absolute Gasteiger partial charge is 0.494 e. The van der Waals surface area contributed by atoms with Gasteiger partial charge in [0.05, 0.1) is 23.4 Å². The van der Waals surface area contributed by atoms with E-state index in [9.17, 15) is 9.59 Å². The third-order valence-corrected chi connectivity index (χ3v) is 5.25. The first-order valence-corrected chi connectivity index (χ1v) is 9.50. The van der Waals surface area contributed by atoms with E-state index in [0.717, 1.165) is 22.4 Å². The van der Waals surface area contributed by atoms with Gasteiger partial charge in [0, 0.05) is 16.7 Å². The van der Waals surface area contributed by atoms with E-state index in [0.29, 0.717) is 23.5 Å². The summed E-state index contributed by atoms with van der Waals surface area (Å²) >= 11 is 0. The lowest BCUT2D eigenvalue weighted by Gasteiger charge is -2.38. The average Bonchev–Trinajstić information content (AvgIpc) is 2.93. The number of hydrogen-bond donors (Lipinski definition) is 0. The highest BCUT2D eigenvalue weighted by atomic mass is 16.5. The Morgan fingerprint density at radius 1 is 1.14 bits per heavy atom. The van der Waals surface area contributed by atoms with Gasteiger partial charge in [0.2, 0.25) is 0 Å². The maximum atomic E-state index is 13.4. The Hall–Kier alpha value is -3.14. The Bertz CT molecular complexity index is 1050. The van der Waals surface area contributed by atoms with Crippen LogP contribution in [-0.2, 0) is 4.79 Å². The van der Waals surface area contributed by atoms with E-state index in [4.69, 9.17) is 4.74 Å². The summed E-state index contributed by atoms with van der Waals surface area (Å²) in [7, 11) is 0. The Morgan fingerprint density at radius 3 is 2.50 bits per heavy atom. The number of rotatable bonds is 4. The summed E-state index contributed by atoms with van der Waals surface area (Å²) in [5.41, 5.74) is 4.21. The van der Waals surface area contributed by atoms with Crippen molar-refractivity contribution in [1.82, 2.24) is 0 Å². The molecule has 0 bridgehead atoms. The van der Waals surface area contributed by atoms with Gasteiger partial charge in [-0.3, -0.25) is 14.5 Å². The SMILES string of the molecule is CCOc1cc2c3c(c1)C(=CC(=O)c1ccccc1)C(=O)N3C(C)(C)C=C2C. The molecule has 0 radical (unpaired) electrons. The topological polar surface area (TPSA) is 46.6 Å². The maximum absolute atomic E-state index is 13.4. The van der Waals surface area contributed by atoms with Gasteiger partial charge in [-0.05, 0) is 51.5 Å². The number of carbonyl (C=O) groups excluding carboxylic acids is 2. The molecule has 0 atom stereocenters. The highest BCUT2D eigenvalue weighted by molar-refractivity contribution is 6.37. The molecule has 0 spiro atoms. The first-order chi connectivity index (χ1) is 13.3. The normalized spacial score (nSPS) is 18.1. The predicted molar refractivity (Wildman–Crippen MR) is 112 cm³/mol. The fraction of sp³-hybridized carbons (Fsp3) is 0.250. The third-order valence-electron chi connectivity index (χ3n) is 5.25. The molecule has 0 saturated carbocycles. The van der Waals surface area contributed by atoms with Crippen LogP contribution in [0, 0.1) is 0 Å². The molecule has 0 fully saturated rings. The van der Waals surface area contributed by atoms with Gasteiger partial charge in [0.15, 0.2) is 5.78 Å². The number of allylic oxidation sites excluding steroid dienone is 2. The summed E-state index contributed by atoms with van der Waals surface area (Å²) in [5.74, 6) is 0.376. The number of hydrogen-bond acceptors (Lipinski definition) is 3.